The van der Waals surface area contributed by atoms with Crippen LogP contribution in [-0.2, 0) is 4.79 Å². The Balaban J connectivity index is 2.79. The van der Waals surface area contributed by atoms with E-state index in [1.807, 2.05) is 0 Å². The third kappa shape index (κ3) is 4.93. The Morgan fingerprint density at radius 3 is 2.52 bits per heavy atom. The van der Waals surface area contributed by atoms with E-state index in [4.69, 9.17) is 14.6 Å². The van der Waals surface area contributed by atoms with Crippen LogP contribution in [0.4, 0.5) is 0 Å². The number of carboxylic acids is 1. The summed E-state index contributed by atoms with van der Waals surface area (Å²) in [5.74, 6) is -0.376. The maximum atomic E-state index is 12.1. The van der Waals surface area contributed by atoms with Crippen molar-refractivity contribution >= 4 is 27.8 Å². The molecule has 2 N–H and O–H groups in total. The predicted octanol–water partition coefficient (Wildman–Crippen LogP) is 2.31. The van der Waals surface area contributed by atoms with E-state index in [1.165, 1.54) is 14.2 Å². The van der Waals surface area contributed by atoms with Gasteiger partial charge in [-0.05, 0) is 34.0 Å². The molecule has 0 heterocycles. The lowest BCUT2D eigenvalue weighted by atomic mass is 10.1. The van der Waals surface area contributed by atoms with Gasteiger partial charge in [0.15, 0.2) is 11.5 Å². The number of amides is 1. The van der Waals surface area contributed by atoms with E-state index in [0.29, 0.717) is 21.5 Å². The minimum absolute atomic E-state index is 0.00983. The van der Waals surface area contributed by atoms with Gasteiger partial charge in [-0.15, -0.1) is 0 Å². The van der Waals surface area contributed by atoms with Crippen LogP contribution in [-0.4, -0.2) is 37.7 Å². The van der Waals surface area contributed by atoms with Crippen LogP contribution in [0.3, 0.4) is 0 Å². The molecule has 0 saturated carbocycles. The first-order chi connectivity index (χ1) is 9.88. The third-order valence-electron chi connectivity index (χ3n) is 2.83. The van der Waals surface area contributed by atoms with Gasteiger partial charge in [-0.25, -0.2) is 0 Å². The Hall–Kier alpha value is -1.76. The fraction of sp³-hybridized carbons (Fsp3) is 0.429. The van der Waals surface area contributed by atoms with Gasteiger partial charge in [-0.3, -0.25) is 9.59 Å². The lowest BCUT2D eigenvalue weighted by molar-refractivity contribution is -0.137. The number of hydrogen-bond acceptors (Lipinski definition) is 4. The lowest BCUT2D eigenvalue weighted by Crippen LogP contribution is -2.29. The molecule has 1 aromatic rings. The Morgan fingerprint density at radius 2 is 2.00 bits per heavy atom. The van der Waals surface area contributed by atoms with Crippen LogP contribution in [0.25, 0.3) is 0 Å². The average Bonchev–Trinajstić information content (AvgIpc) is 2.42. The number of ether oxygens (including phenoxy) is 2. The fourth-order valence-corrected chi connectivity index (χ4v) is 2.39. The minimum atomic E-state index is -0.884. The van der Waals surface area contributed by atoms with Gasteiger partial charge in [-0.2, -0.15) is 0 Å². The molecular weight excluding hydrogens is 342 g/mol. The SMILES string of the molecule is COc1cc(C(=O)NCC(C)CC(=O)O)cc(Br)c1OC. The zero-order valence-electron chi connectivity index (χ0n) is 12.1. The first-order valence-electron chi connectivity index (χ1n) is 6.30. The zero-order chi connectivity index (χ0) is 16.0. The van der Waals surface area contributed by atoms with Gasteiger partial charge >= 0.3 is 5.97 Å². The van der Waals surface area contributed by atoms with Gasteiger partial charge in [0.2, 0.25) is 0 Å². The number of methoxy groups -OCH3 is 2. The predicted molar refractivity (Wildman–Crippen MR) is 81.0 cm³/mol. The number of nitrogens with one attached hydrogen (secondary N) is 1. The van der Waals surface area contributed by atoms with Crippen LogP contribution in [0, 0.1) is 5.92 Å². The quantitative estimate of drug-likeness (QED) is 0.780. The van der Waals surface area contributed by atoms with Gasteiger partial charge < -0.3 is 19.9 Å². The van der Waals surface area contributed by atoms with Crippen LogP contribution in [0.1, 0.15) is 23.7 Å². The number of carbonyl (C=O) groups excluding carboxylic acids is 1. The minimum Gasteiger partial charge on any atom is -0.493 e. The molecule has 0 saturated heterocycles. The van der Waals surface area contributed by atoms with Crippen molar-refractivity contribution in [3.05, 3.63) is 22.2 Å². The number of carboxylic acid groups (broad SMARTS) is 1. The maximum Gasteiger partial charge on any atom is 0.303 e. The van der Waals surface area contributed by atoms with Crippen molar-refractivity contribution in [1.82, 2.24) is 5.32 Å². The fourth-order valence-electron chi connectivity index (χ4n) is 1.79. The summed E-state index contributed by atoms with van der Waals surface area (Å²) in [7, 11) is 3.00. The summed E-state index contributed by atoms with van der Waals surface area (Å²) < 4.78 is 11.0. The van der Waals surface area contributed by atoms with Crippen LogP contribution < -0.4 is 14.8 Å². The normalized spacial score (nSPS) is 11.6. The largest absolute Gasteiger partial charge is 0.493 e. The number of rotatable bonds is 7. The van der Waals surface area contributed by atoms with Gasteiger partial charge in [-0.1, -0.05) is 6.92 Å². The highest BCUT2D eigenvalue weighted by molar-refractivity contribution is 9.10. The van der Waals surface area contributed by atoms with E-state index in [2.05, 4.69) is 21.2 Å². The van der Waals surface area contributed by atoms with Gasteiger partial charge in [0.1, 0.15) is 0 Å². The first-order valence-corrected chi connectivity index (χ1v) is 7.09. The third-order valence-corrected chi connectivity index (χ3v) is 3.42. The number of aliphatic carboxylic acids is 1. The first kappa shape index (κ1) is 17.3. The van der Waals surface area contributed by atoms with Crippen molar-refractivity contribution in [2.45, 2.75) is 13.3 Å². The molecule has 6 nitrogen and oxygen atoms in total. The van der Waals surface area contributed by atoms with Gasteiger partial charge in [0.05, 0.1) is 18.7 Å². The summed E-state index contributed by atoms with van der Waals surface area (Å²) in [6, 6.07) is 3.19. The van der Waals surface area contributed by atoms with Crippen LogP contribution in [0.15, 0.2) is 16.6 Å². The summed E-state index contributed by atoms with van der Waals surface area (Å²) in [4.78, 5) is 22.7. The van der Waals surface area contributed by atoms with Crippen molar-refractivity contribution < 1.29 is 24.2 Å². The molecular formula is C14H18BrNO5. The molecule has 0 aliphatic carbocycles. The van der Waals surface area contributed by atoms with Gasteiger partial charge in [0, 0.05) is 18.5 Å². The maximum absolute atomic E-state index is 12.1. The van der Waals surface area contributed by atoms with Crippen LogP contribution in [0.5, 0.6) is 11.5 Å². The molecule has 0 bridgehead atoms. The highest BCUT2D eigenvalue weighted by atomic mass is 79.9. The Morgan fingerprint density at radius 1 is 1.33 bits per heavy atom. The molecule has 0 radical (unpaired) electrons. The molecule has 21 heavy (non-hydrogen) atoms. The molecule has 0 spiro atoms. The van der Waals surface area contributed by atoms with Crippen LogP contribution in [0.2, 0.25) is 0 Å². The highest BCUT2D eigenvalue weighted by Crippen LogP contribution is 2.36. The molecule has 1 unspecified atom stereocenters. The van der Waals surface area contributed by atoms with E-state index >= 15 is 0 Å². The molecule has 1 amide bonds. The molecule has 1 rings (SSSR count). The van der Waals surface area contributed by atoms with Crippen molar-refractivity contribution in [1.29, 1.82) is 0 Å². The second kappa shape index (κ2) is 7.87. The summed E-state index contributed by atoms with van der Waals surface area (Å²) in [5.41, 5.74) is 0.405. The van der Waals surface area contributed by atoms with E-state index in [1.54, 1.807) is 19.1 Å². The van der Waals surface area contributed by atoms with Crippen molar-refractivity contribution in [3.63, 3.8) is 0 Å². The summed E-state index contributed by atoms with van der Waals surface area (Å²) in [5, 5.41) is 11.4. The lowest BCUT2D eigenvalue weighted by Gasteiger charge is -2.13. The highest BCUT2D eigenvalue weighted by Gasteiger charge is 2.16. The summed E-state index contributed by atoms with van der Waals surface area (Å²) in [6.07, 6.45) is 0.00983. The molecule has 0 fully saturated rings. The topological polar surface area (TPSA) is 84.9 Å². The number of benzene rings is 1. The van der Waals surface area contributed by atoms with E-state index < -0.39 is 5.97 Å². The molecule has 0 aromatic heterocycles. The van der Waals surface area contributed by atoms with E-state index in [9.17, 15) is 9.59 Å². The molecule has 1 atom stereocenters. The zero-order valence-corrected chi connectivity index (χ0v) is 13.7. The Labute approximate surface area is 131 Å². The second-order valence-corrected chi connectivity index (χ2v) is 5.46. The van der Waals surface area contributed by atoms with Crippen molar-refractivity contribution in [3.8, 4) is 11.5 Å². The average molecular weight is 360 g/mol. The number of carbonyl (C=O) groups is 2. The Kier molecular flexibility index (Phi) is 6.48. The number of hydrogen-bond donors (Lipinski definition) is 2. The van der Waals surface area contributed by atoms with Gasteiger partial charge in [0.25, 0.3) is 5.91 Å². The summed E-state index contributed by atoms with van der Waals surface area (Å²) >= 11 is 3.32. The molecule has 1 aromatic carbocycles. The van der Waals surface area contributed by atoms with Crippen molar-refractivity contribution in [2.75, 3.05) is 20.8 Å². The smallest absolute Gasteiger partial charge is 0.303 e. The Bertz CT molecular complexity index is 532. The van der Waals surface area contributed by atoms with Crippen molar-refractivity contribution in [2.24, 2.45) is 5.92 Å². The number of halogens is 1. The second-order valence-electron chi connectivity index (χ2n) is 4.61. The molecule has 0 aliphatic heterocycles. The molecule has 7 heteroatoms. The summed E-state index contributed by atoms with van der Waals surface area (Å²) in [6.45, 7) is 2.05. The van der Waals surface area contributed by atoms with E-state index in [-0.39, 0.29) is 24.8 Å². The monoisotopic (exact) mass is 359 g/mol. The standard InChI is InChI=1S/C14H18BrNO5/c1-8(4-12(17)18)7-16-14(19)9-5-10(15)13(21-3)11(6-9)20-2/h5-6,8H,4,7H2,1-3H3,(H,16,19)(H,17,18). The van der Waals surface area contributed by atoms with Crippen LogP contribution >= 0.6 is 15.9 Å². The molecule has 0 aliphatic rings. The van der Waals surface area contributed by atoms with E-state index in [0.717, 1.165) is 0 Å². The molecule has 116 valence electrons.